The number of hydrogen-bond acceptors (Lipinski definition) is 6. The zero-order valence-electron chi connectivity index (χ0n) is 14.5. The summed E-state index contributed by atoms with van der Waals surface area (Å²) in [5.41, 5.74) is 5.09. The van der Waals surface area contributed by atoms with E-state index in [4.69, 9.17) is 10.6 Å². The molecule has 7 nitrogen and oxygen atoms in total. The van der Waals surface area contributed by atoms with Crippen molar-refractivity contribution >= 4 is 17.7 Å². The molecule has 0 aliphatic carbocycles. The number of nitrogens with two attached hydrogens (primary N) is 1. The monoisotopic (exact) mass is 369 g/mol. The highest BCUT2D eigenvalue weighted by molar-refractivity contribution is 7.99. The number of amides is 1. The molecule has 0 radical (unpaired) electrons. The Hall–Kier alpha value is -2.84. The van der Waals surface area contributed by atoms with Crippen molar-refractivity contribution < 1.29 is 9.53 Å². The van der Waals surface area contributed by atoms with E-state index in [0.29, 0.717) is 11.0 Å². The fraction of sp³-hybridized carbons (Fsp3) is 0.167. The maximum Gasteiger partial charge on any atom is 0.244 e. The first-order valence-electron chi connectivity index (χ1n) is 7.91. The van der Waals surface area contributed by atoms with Crippen molar-refractivity contribution in [3.8, 4) is 22.8 Å². The first kappa shape index (κ1) is 18.0. The minimum Gasteiger partial charge on any atom is -0.497 e. The number of aromatic nitrogens is 3. The van der Waals surface area contributed by atoms with Gasteiger partial charge in [-0.2, -0.15) is 0 Å². The maximum absolute atomic E-state index is 11.5. The van der Waals surface area contributed by atoms with Gasteiger partial charge < -0.3 is 4.74 Å². The summed E-state index contributed by atoms with van der Waals surface area (Å²) in [5, 5.41) is 9.21. The van der Waals surface area contributed by atoms with Crippen LogP contribution in [0.3, 0.4) is 0 Å². The molecule has 0 saturated carbocycles. The zero-order valence-corrected chi connectivity index (χ0v) is 15.3. The van der Waals surface area contributed by atoms with E-state index in [2.05, 4.69) is 15.6 Å². The molecule has 0 atom stereocenters. The average molecular weight is 369 g/mol. The predicted molar refractivity (Wildman–Crippen MR) is 101 cm³/mol. The van der Waals surface area contributed by atoms with Gasteiger partial charge in [0.15, 0.2) is 11.0 Å². The summed E-state index contributed by atoms with van der Waals surface area (Å²) in [6.45, 7) is 2.03. The number of thioether (sulfide) groups is 1. The number of ether oxygens (including phenoxy) is 1. The molecule has 3 rings (SSSR count). The zero-order chi connectivity index (χ0) is 18.5. The van der Waals surface area contributed by atoms with Crippen molar-refractivity contribution in [1.29, 1.82) is 0 Å². The third kappa shape index (κ3) is 3.87. The number of hydrogen-bond donors (Lipinski definition) is 2. The van der Waals surface area contributed by atoms with Crippen molar-refractivity contribution in [1.82, 2.24) is 20.2 Å². The second-order valence-electron chi connectivity index (χ2n) is 5.56. The number of aryl methyl sites for hydroxylation is 1. The lowest BCUT2D eigenvalue weighted by Gasteiger charge is -2.11. The van der Waals surface area contributed by atoms with Gasteiger partial charge in [-0.05, 0) is 43.3 Å². The SMILES string of the molecule is COc1ccc(-c2nnc(SCC(=O)NN)n2-c2ccc(C)cc2)cc1. The van der Waals surface area contributed by atoms with Crippen LogP contribution in [-0.4, -0.2) is 33.5 Å². The van der Waals surface area contributed by atoms with Gasteiger partial charge in [0.25, 0.3) is 0 Å². The summed E-state index contributed by atoms with van der Waals surface area (Å²) < 4.78 is 7.14. The van der Waals surface area contributed by atoms with Gasteiger partial charge in [-0.1, -0.05) is 29.5 Å². The number of benzene rings is 2. The predicted octanol–water partition coefficient (Wildman–Crippen LogP) is 2.33. The quantitative estimate of drug-likeness (QED) is 0.300. The highest BCUT2D eigenvalue weighted by atomic mass is 32.2. The lowest BCUT2D eigenvalue weighted by Crippen LogP contribution is -2.31. The van der Waals surface area contributed by atoms with Crippen LogP contribution < -0.4 is 16.0 Å². The van der Waals surface area contributed by atoms with Crippen LogP contribution in [0.2, 0.25) is 0 Å². The van der Waals surface area contributed by atoms with Gasteiger partial charge >= 0.3 is 0 Å². The molecule has 3 aromatic rings. The van der Waals surface area contributed by atoms with Gasteiger partial charge in [0.2, 0.25) is 5.91 Å². The van der Waals surface area contributed by atoms with Crippen LogP contribution in [0.5, 0.6) is 5.75 Å². The van der Waals surface area contributed by atoms with Crippen LogP contribution in [0, 0.1) is 6.92 Å². The lowest BCUT2D eigenvalue weighted by molar-refractivity contribution is -0.118. The Morgan fingerprint density at radius 3 is 2.46 bits per heavy atom. The van der Waals surface area contributed by atoms with E-state index in [-0.39, 0.29) is 11.7 Å². The summed E-state index contributed by atoms with van der Waals surface area (Å²) in [7, 11) is 1.63. The molecule has 2 aromatic carbocycles. The molecule has 1 heterocycles. The molecule has 3 N–H and O–H groups in total. The van der Waals surface area contributed by atoms with E-state index >= 15 is 0 Å². The Balaban J connectivity index is 2.04. The van der Waals surface area contributed by atoms with Gasteiger partial charge in [-0.15, -0.1) is 10.2 Å². The van der Waals surface area contributed by atoms with Crippen LogP contribution in [0.1, 0.15) is 5.56 Å². The molecular formula is C18H19N5O2S. The van der Waals surface area contributed by atoms with E-state index in [1.54, 1.807) is 7.11 Å². The molecule has 1 amide bonds. The Morgan fingerprint density at radius 2 is 1.85 bits per heavy atom. The van der Waals surface area contributed by atoms with Gasteiger partial charge in [-0.3, -0.25) is 14.8 Å². The standard InChI is InChI=1S/C18H19N5O2S/c1-12-3-7-14(8-4-12)23-17(13-5-9-15(25-2)10-6-13)21-22-18(23)26-11-16(24)20-19/h3-10H,11,19H2,1-2H3,(H,20,24). The molecular weight excluding hydrogens is 350 g/mol. The molecule has 8 heteroatoms. The Bertz CT molecular complexity index is 891. The fourth-order valence-electron chi connectivity index (χ4n) is 2.39. The van der Waals surface area contributed by atoms with Crippen molar-refractivity contribution in [2.45, 2.75) is 12.1 Å². The number of carbonyl (C=O) groups excluding carboxylic acids is 1. The fourth-order valence-corrected chi connectivity index (χ4v) is 3.15. The summed E-state index contributed by atoms with van der Waals surface area (Å²) in [6.07, 6.45) is 0. The minimum absolute atomic E-state index is 0.156. The third-order valence-electron chi connectivity index (χ3n) is 3.77. The Kier molecular flexibility index (Phi) is 5.55. The average Bonchev–Trinajstić information content (AvgIpc) is 3.10. The number of hydrazine groups is 1. The normalized spacial score (nSPS) is 10.6. The van der Waals surface area contributed by atoms with E-state index in [0.717, 1.165) is 22.6 Å². The van der Waals surface area contributed by atoms with Crippen LogP contribution >= 0.6 is 11.8 Å². The number of carbonyl (C=O) groups is 1. The largest absolute Gasteiger partial charge is 0.497 e. The molecule has 0 aliphatic heterocycles. The van der Waals surface area contributed by atoms with E-state index < -0.39 is 0 Å². The molecule has 134 valence electrons. The minimum atomic E-state index is -0.278. The molecule has 0 saturated heterocycles. The Labute approximate surface area is 155 Å². The number of nitrogens with one attached hydrogen (secondary N) is 1. The summed E-state index contributed by atoms with van der Waals surface area (Å²) in [6, 6.07) is 15.6. The number of nitrogens with zero attached hydrogens (tertiary/aromatic N) is 3. The maximum atomic E-state index is 11.5. The number of methoxy groups -OCH3 is 1. The highest BCUT2D eigenvalue weighted by Crippen LogP contribution is 2.29. The second-order valence-corrected chi connectivity index (χ2v) is 6.50. The summed E-state index contributed by atoms with van der Waals surface area (Å²) >= 11 is 1.27. The van der Waals surface area contributed by atoms with Crippen molar-refractivity contribution in [2.24, 2.45) is 5.84 Å². The Morgan fingerprint density at radius 1 is 1.15 bits per heavy atom. The molecule has 0 fully saturated rings. The summed E-state index contributed by atoms with van der Waals surface area (Å²) in [5.74, 6) is 6.49. The van der Waals surface area contributed by atoms with Crippen LogP contribution in [-0.2, 0) is 4.79 Å². The number of rotatable bonds is 6. The first-order valence-corrected chi connectivity index (χ1v) is 8.90. The molecule has 0 aliphatic rings. The second kappa shape index (κ2) is 8.03. The molecule has 0 bridgehead atoms. The first-order chi connectivity index (χ1) is 12.6. The van der Waals surface area contributed by atoms with E-state index in [1.807, 2.05) is 60.0 Å². The van der Waals surface area contributed by atoms with E-state index in [1.165, 1.54) is 11.8 Å². The molecule has 26 heavy (non-hydrogen) atoms. The van der Waals surface area contributed by atoms with Crippen LogP contribution in [0.15, 0.2) is 53.7 Å². The molecule has 0 spiro atoms. The van der Waals surface area contributed by atoms with Gasteiger partial charge in [-0.25, -0.2) is 5.84 Å². The highest BCUT2D eigenvalue weighted by Gasteiger charge is 2.17. The third-order valence-corrected chi connectivity index (χ3v) is 4.70. The van der Waals surface area contributed by atoms with Crippen LogP contribution in [0.25, 0.3) is 17.1 Å². The van der Waals surface area contributed by atoms with Gasteiger partial charge in [0, 0.05) is 11.3 Å². The summed E-state index contributed by atoms with van der Waals surface area (Å²) in [4.78, 5) is 11.5. The van der Waals surface area contributed by atoms with E-state index in [9.17, 15) is 4.79 Å². The van der Waals surface area contributed by atoms with Crippen molar-refractivity contribution in [3.63, 3.8) is 0 Å². The smallest absolute Gasteiger partial charge is 0.244 e. The van der Waals surface area contributed by atoms with Gasteiger partial charge in [0.1, 0.15) is 5.75 Å². The van der Waals surface area contributed by atoms with Crippen LogP contribution in [0.4, 0.5) is 0 Å². The van der Waals surface area contributed by atoms with Gasteiger partial charge in [0.05, 0.1) is 12.9 Å². The van der Waals surface area contributed by atoms with Crippen molar-refractivity contribution in [3.05, 3.63) is 54.1 Å². The molecule has 1 aromatic heterocycles. The van der Waals surface area contributed by atoms with Crippen molar-refractivity contribution in [2.75, 3.05) is 12.9 Å². The molecule has 0 unspecified atom stereocenters. The lowest BCUT2D eigenvalue weighted by atomic mass is 10.2. The topological polar surface area (TPSA) is 95.1 Å².